The van der Waals surface area contributed by atoms with Crippen molar-refractivity contribution in [3.05, 3.63) is 0 Å². The molecule has 0 N–H and O–H groups in total. The highest BCUT2D eigenvalue weighted by Gasteiger charge is 2.33. The van der Waals surface area contributed by atoms with E-state index in [1.54, 1.807) is 0 Å². The molecule has 1 fully saturated rings. The van der Waals surface area contributed by atoms with Crippen LogP contribution in [0.2, 0.25) is 0 Å². The number of rotatable bonds is 6. The van der Waals surface area contributed by atoms with Crippen molar-refractivity contribution in [1.82, 2.24) is 0 Å². The zero-order chi connectivity index (χ0) is 8.10. The standard InChI is InChI=1S/C10H18O/c1-2-3-4-5-6-7-9-8-10(9)11/h9H,2-8H2,1H3. The zero-order valence-electron chi connectivity index (χ0n) is 7.44. The second-order valence-corrected chi connectivity index (χ2v) is 3.57. The molecule has 1 unspecified atom stereocenters. The largest absolute Gasteiger partial charge is 0.299 e. The fourth-order valence-electron chi connectivity index (χ4n) is 1.44. The molecule has 11 heavy (non-hydrogen) atoms. The van der Waals surface area contributed by atoms with Gasteiger partial charge in [0, 0.05) is 12.3 Å². The lowest BCUT2D eigenvalue weighted by molar-refractivity contribution is -0.111. The summed E-state index contributed by atoms with van der Waals surface area (Å²) in [5.41, 5.74) is 0. The first-order chi connectivity index (χ1) is 5.34. The van der Waals surface area contributed by atoms with Gasteiger partial charge in [-0.05, 0) is 6.42 Å². The van der Waals surface area contributed by atoms with E-state index in [0.717, 1.165) is 6.42 Å². The number of hydrogen-bond donors (Lipinski definition) is 0. The summed E-state index contributed by atoms with van der Waals surface area (Å²) in [6.07, 6.45) is 8.68. The van der Waals surface area contributed by atoms with E-state index in [1.807, 2.05) is 0 Å². The normalized spacial score (nSPS) is 22.3. The summed E-state index contributed by atoms with van der Waals surface area (Å²) in [7, 11) is 0. The van der Waals surface area contributed by atoms with E-state index in [-0.39, 0.29) is 0 Å². The summed E-state index contributed by atoms with van der Waals surface area (Å²) in [4.78, 5) is 10.6. The number of Topliss-reactive ketones (excluding diaryl/α,β-unsaturated/α-hetero) is 1. The van der Waals surface area contributed by atoms with Gasteiger partial charge in [0.15, 0.2) is 0 Å². The third-order valence-electron chi connectivity index (χ3n) is 2.40. The van der Waals surface area contributed by atoms with Crippen LogP contribution in [0, 0.1) is 5.92 Å². The van der Waals surface area contributed by atoms with Crippen molar-refractivity contribution in [1.29, 1.82) is 0 Å². The summed E-state index contributed by atoms with van der Waals surface area (Å²) in [6.45, 7) is 2.23. The van der Waals surface area contributed by atoms with Crippen LogP contribution in [0.5, 0.6) is 0 Å². The molecular weight excluding hydrogens is 136 g/mol. The van der Waals surface area contributed by atoms with Crippen LogP contribution in [0.4, 0.5) is 0 Å². The van der Waals surface area contributed by atoms with Gasteiger partial charge < -0.3 is 0 Å². The lowest BCUT2D eigenvalue weighted by Crippen LogP contribution is -1.82. The minimum atomic E-state index is 0.483. The summed E-state index contributed by atoms with van der Waals surface area (Å²) in [6, 6.07) is 0. The molecule has 0 heterocycles. The van der Waals surface area contributed by atoms with Gasteiger partial charge in [0.05, 0.1) is 0 Å². The minimum Gasteiger partial charge on any atom is -0.299 e. The Hall–Kier alpha value is -0.330. The van der Waals surface area contributed by atoms with Crippen molar-refractivity contribution in [2.45, 2.75) is 51.9 Å². The van der Waals surface area contributed by atoms with E-state index in [0.29, 0.717) is 11.7 Å². The number of hydrogen-bond acceptors (Lipinski definition) is 1. The Morgan fingerprint density at radius 3 is 2.45 bits per heavy atom. The second-order valence-electron chi connectivity index (χ2n) is 3.57. The molecule has 1 aliphatic carbocycles. The van der Waals surface area contributed by atoms with Crippen LogP contribution in [0.25, 0.3) is 0 Å². The van der Waals surface area contributed by atoms with Gasteiger partial charge in [-0.3, -0.25) is 4.79 Å². The van der Waals surface area contributed by atoms with Gasteiger partial charge >= 0.3 is 0 Å². The summed E-state index contributed by atoms with van der Waals surface area (Å²) in [5, 5.41) is 0. The molecule has 0 aromatic heterocycles. The molecule has 1 heteroatoms. The van der Waals surface area contributed by atoms with Crippen LogP contribution >= 0.6 is 0 Å². The molecule has 1 atom stereocenters. The molecule has 0 radical (unpaired) electrons. The van der Waals surface area contributed by atoms with Crippen molar-refractivity contribution < 1.29 is 4.79 Å². The SMILES string of the molecule is CCCCCCCC1CC1=O. The summed E-state index contributed by atoms with van der Waals surface area (Å²) in [5.74, 6) is 0.983. The first-order valence-corrected chi connectivity index (χ1v) is 4.87. The van der Waals surface area contributed by atoms with Crippen molar-refractivity contribution in [3.8, 4) is 0 Å². The van der Waals surface area contributed by atoms with E-state index in [1.165, 1.54) is 38.5 Å². The van der Waals surface area contributed by atoms with Crippen LogP contribution in [-0.4, -0.2) is 5.78 Å². The maximum absolute atomic E-state index is 10.6. The first-order valence-electron chi connectivity index (χ1n) is 4.87. The van der Waals surface area contributed by atoms with Crippen molar-refractivity contribution >= 4 is 5.78 Å². The maximum Gasteiger partial charge on any atom is 0.137 e. The van der Waals surface area contributed by atoms with Gasteiger partial charge in [-0.15, -0.1) is 0 Å². The zero-order valence-corrected chi connectivity index (χ0v) is 7.44. The number of carbonyl (C=O) groups excluding carboxylic acids is 1. The molecule has 64 valence electrons. The lowest BCUT2D eigenvalue weighted by Gasteiger charge is -1.96. The van der Waals surface area contributed by atoms with E-state index in [9.17, 15) is 4.79 Å². The molecule has 1 nitrogen and oxygen atoms in total. The summed E-state index contributed by atoms with van der Waals surface area (Å²) < 4.78 is 0. The molecule has 0 saturated heterocycles. The van der Waals surface area contributed by atoms with Crippen LogP contribution < -0.4 is 0 Å². The van der Waals surface area contributed by atoms with E-state index in [2.05, 4.69) is 6.92 Å². The molecule has 0 aromatic carbocycles. The third kappa shape index (κ3) is 3.54. The van der Waals surface area contributed by atoms with Crippen molar-refractivity contribution in [2.24, 2.45) is 5.92 Å². The van der Waals surface area contributed by atoms with Gasteiger partial charge in [-0.25, -0.2) is 0 Å². The van der Waals surface area contributed by atoms with Gasteiger partial charge in [-0.1, -0.05) is 39.0 Å². The highest BCUT2D eigenvalue weighted by molar-refractivity contribution is 5.95. The Kier molecular flexibility index (Phi) is 3.61. The van der Waals surface area contributed by atoms with Gasteiger partial charge in [-0.2, -0.15) is 0 Å². The molecule has 1 rings (SSSR count). The van der Waals surface area contributed by atoms with Gasteiger partial charge in [0.1, 0.15) is 5.78 Å². The fraction of sp³-hybridized carbons (Fsp3) is 0.900. The Balaban J connectivity index is 1.78. The van der Waals surface area contributed by atoms with E-state index < -0.39 is 0 Å². The molecule has 0 aromatic rings. The molecule has 0 aliphatic heterocycles. The number of carbonyl (C=O) groups is 1. The molecule has 0 bridgehead atoms. The second kappa shape index (κ2) is 4.53. The fourth-order valence-corrected chi connectivity index (χ4v) is 1.44. The van der Waals surface area contributed by atoms with Crippen LogP contribution in [-0.2, 0) is 4.79 Å². The van der Waals surface area contributed by atoms with Crippen molar-refractivity contribution in [2.75, 3.05) is 0 Å². The minimum absolute atomic E-state index is 0.483. The molecule has 0 spiro atoms. The quantitative estimate of drug-likeness (QED) is 0.537. The molecule has 1 saturated carbocycles. The first kappa shape index (κ1) is 8.76. The molecule has 1 aliphatic rings. The predicted octanol–water partition coefficient (Wildman–Crippen LogP) is 2.94. The smallest absolute Gasteiger partial charge is 0.137 e. The third-order valence-corrected chi connectivity index (χ3v) is 2.40. The van der Waals surface area contributed by atoms with Crippen LogP contribution in [0.3, 0.4) is 0 Å². The predicted molar refractivity (Wildman–Crippen MR) is 46.5 cm³/mol. The van der Waals surface area contributed by atoms with Crippen LogP contribution in [0.15, 0.2) is 0 Å². The monoisotopic (exact) mass is 154 g/mol. The highest BCUT2D eigenvalue weighted by Crippen LogP contribution is 2.29. The maximum atomic E-state index is 10.6. The molecule has 0 amide bonds. The Bertz CT molecular complexity index is 129. The van der Waals surface area contributed by atoms with Crippen molar-refractivity contribution in [3.63, 3.8) is 0 Å². The Labute approximate surface area is 69.2 Å². The summed E-state index contributed by atoms with van der Waals surface area (Å²) >= 11 is 0. The number of ketones is 1. The lowest BCUT2D eigenvalue weighted by atomic mass is 10.1. The average molecular weight is 154 g/mol. The Morgan fingerprint density at radius 1 is 1.27 bits per heavy atom. The molecular formula is C10H18O. The van der Waals surface area contributed by atoms with Gasteiger partial charge in [0.2, 0.25) is 0 Å². The van der Waals surface area contributed by atoms with E-state index >= 15 is 0 Å². The topological polar surface area (TPSA) is 17.1 Å². The Morgan fingerprint density at radius 2 is 1.91 bits per heavy atom. The van der Waals surface area contributed by atoms with Crippen LogP contribution in [0.1, 0.15) is 51.9 Å². The van der Waals surface area contributed by atoms with Gasteiger partial charge in [0.25, 0.3) is 0 Å². The average Bonchev–Trinajstić information content (AvgIpc) is 2.67. The highest BCUT2D eigenvalue weighted by atomic mass is 16.1. The van der Waals surface area contributed by atoms with E-state index in [4.69, 9.17) is 0 Å². The number of unbranched alkanes of at least 4 members (excludes halogenated alkanes) is 4.